The molecule has 0 amide bonds. The summed E-state index contributed by atoms with van der Waals surface area (Å²) in [7, 11) is 1.92. The normalized spacial score (nSPS) is 13.5. The Labute approximate surface area is 66.7 Å². The first-order chi connectivity index (χ1) is 4.68. The van der Waals surface area contributed by atoms with Crippen LogP contribution < -0.4 is 0 Å². The lowest BCUT2D eigenvalue weighted by Gasteiger charge is -1.97. The third-order valence-corrected chi connectivity index (χ3v) is 1.47. The van der Waals surface area contributed by atoms with E-state index in [9.17, 15) is 0 Å². The van der Waals surface area contributed by atoms with Gasteiger partial charge in [-0.15, -0.1) is 0 Å². The molecule has 10 heavy (non-hydrogen) atoms. The molecule has 3 heteroatoms. The third kappa shape index (κ3) is 2.06. The Kier molecular flexibility index (Phi) is 2.38. The van der Waals surface area contributed by atoms with E-state index in [1.54, 1.807) is 0 Å². The Balaban J connectivity index is 2.58. The molecule has 1 atom stereocenters. The Bertz CT molecular complexity index is 205. The lowest BCUT2D eigenvalue weighted by atomic mass is 10.2. The maximum absolute atomic E-state index is 4.28. The second kappa shape index (κ2) is 3.10. The Morgan fingerprint density at radius 1 is 1.80 bits per heavy atom. The van der Waals surface area contributed by atoms with Crippen LogP contribution in [0.2, 0.25) is 0 Å². The predicted molar refractivity (Wildman–Crippen MR) is 45.4 cm³/mol. The maximum atomic E-state index is 4.28. The quantitative estimate of drug-likeness (QED) is 0.639. The van der Waals surface area contributed by atoms with Crippen molar-refractivity contribution in [3.8, 4) is 0 Å². The Morgan fingerprint density at radius 3 is 2.90 bits per heavy atom. The molecule has 0 fully saturated rings. The lowest BCUT2D eigenvalue weighted by molar-refractivity contribution is 0.766. The molecule has 0 aromatic carbocycles. The van der Waals surface area contributed by atoms with Crippen LogP contribution in [0.15, 0.2) is 12.4 Å². The highest BCUT2D eigenvalue weighted by Gasteiger charge is 1.98. The van der Waals surface area contributed by atoms with Gasteiger partial charge in [-0.2, -0.15) is 17.7 Å². The number of aryl methyl sites for hydroxylation is 1. The molecule has 0 aliphatic rings. The van der Waals surface area contributed by atoms with Crippen LogP contribution >= 0.6 is 12.6 Å². The van der Waals surface area contributed by atoms with E-state index < -0.39 is 0 Å². The number of hydrogen-bond acceptors (Lipinski definition) is 2. The van der Waals surface area contributed by atoms with Crippen molar-refractivity contribution < 1.29 is 0 Å². The van der Waals surface area contributed by atoms with Gasteiger partial charge in [-0.25, -0.2) is 0 Å². The molecule has 56 valence electrons. The summed E-state index contributed by atoms with van der Waals surface area (Å²) in [5.74, 6) is 0. The number of rotatable bonds is 2. The van der Waals surface area contributed by atoms with Gasteiger partial charge in [-0.3, -0.25) is 4.68 Å². The number of hydrogen-bond donors (Lipinski definition) is 1. The number of nitrogens with zero attached hydrogens (tertiary/aromatic N) is 2. The molecule has 0 bridgehead atoms. The first kappa shape index (κ1) is 7.66. The number of aromatic nitrogens is 2. The van der Waals surface area contributed by atoms with Gasteiger partial charge in [-0.05, 0) is 12.0 Å². The van der Waals surface area contributed by atoms with Gasteiger partial charge in [0.25, 0.3) is 0 Å². The zero-order valence-corrected chi connectivity index (χ0v) is 7.18. The molecular weight excluding hydrogens is 144 g/mol. The fraction of sp³-hybridized carbons (Fsp3) is 0.571. The van der Waals surface area contributed by atoms with Crippen LogP contribution in [-0.4, -0.2) is 15.0 Å². The van der Waals surface area contributed by atoms with Crippen molar-refractivity contribution in [2.45, 2.75) is 18.6 Å². The van der Waals surface area contributed by atoms with Crippen LogP contribution in [0, 0.1) is 0 Å². The second-order valence-corrected chi connectivity index (χ2v) is 3.46. The van der Waals surface area contributed by atoms with Gasteiger partial charge in [0.2, 0.25) is 0 Å². The molecule has 0 aliphatic heterocycles. The highest BCUT2D eigenvalue weighted by atomic mass is 32.1. The molecule has 0 saturated carbocycles. The minimum absolute atomic E-state index is 0.421. The molecule has 0 radical (unpaired) electrons. The third-order valence-electron chi connectivity index (χ3n) is 1.29. The minimum atomic E-state index is 0.421. The van der Waals surface area contributed by atoms with Gasteiger partial charge in [0.15, 0.2) is 0 Å². The Morgan fingerprint density at radius 2 is 2.50 bits per heavy atom. The zero-order valence-electron chi connectivity index (χ0n) is 6.28. The summed E-state index contributed by atoms with van der Waals surface area (Å²) in [6.07, 6.45) is 4.90. The second-order valence-electron chi connectivity index (χ2n) is 2.58. The van der Waals surface area contributed by atoms with Crippen LogP contribution in [0.25, 0.3) is 0 Å². The minimum Gasteiger partial charge on any atom is -0.276 e. The highest BCUT2D eigenvalue weighted by molar-refractivity contribution is 7.80. The smallest absolute Gasteiger partial charge is 0.0522 e. The van der Waals surface area contributed by atoms with Crippen molar-refractivity contribution >= 4 is 12.6 Å². The molecule has 1 rings (SSSR count). The molecule has 0 saturated heterocycles. The van der Waals surface area contributed by atoms with E-state index in [0.717, 1.165) is 6.42 Å². The number of thiol groups is 1. The van der Waals surface area contributed by atoms with Crippen LogP contribution in [0.5, 0.6) is 0 Å². The Hall–Kier alpha value is -0.440. The molecule has 0 N–H and O–H groups in total. The van der Waals surface area contributed by atoms with Gasteiger partial charge in [0, 0.05) is 18.5 Å². The van der Waals surface area contributed by atoms with Crippen molar-refractivity contribution in [3.05, 3.63) is 18.0 Å². The fourth-order valence-corrected chi connectivity index (χ4v) is 1.13. The van der Waals surface area contributed by atoms with E-state index in [0.29, 0.717) is 5.25 Å². The first-order valence-electron chi connectivity index (χ1n) is 3.34. The van der Waals surface area contributed by atoms with Gasteiger partial charge in [0.05, 0.1) is 6.20 Å². The summed E-state index contributed by atoms with van der Waals surface area (Å²) < 4.78 is 1.81. The van der Waals surface area contributed by atoms with Crippen molar-refractivity contribution in [3.63, 3.8) is 0 Å². The molecule has 2 nitrogen and oxygen atoms in total. The van der Waals surface area contributed by atoms with E-state index >= 15 is 0 Å². The predicted octanol–water partition coefficient (Wildman–Crippen LogP) is 1.28. The van der Waals surface area contributed by atoms with Gasteiger partial charge in [-0.1, -0.05) is 6.92 Å². The average molecular weight is 156 g/mol. The van der Waals surface area contributed by atoms with Crippen molar-refractivity contribution in [1.29, 1.82) is 0 Å². The summed E-state index contributed by atoms with van der Waals surface area (Å²) in [6, 6.07) is 0. The van der Waals surface area contributed by atoms with Crippen LogP contribution in [0.1, 0.15) is 12.5 Å². The summed E-state index contributed by atoms with van der Waals surface area (Å²) >= 11 is 4.28. The van der Waals surface area contributed by atoms with Crippen molar-refractivity contribution in [1.82, 2.24) is 9.78 Å². The van der Waals surface area contributed by atoms with Crippen molar-refractivity contribution in [2.75, 3.05) is 0 Å². The maximum Gasteiger partial charge on any atom is 0.0522 e. The molecule has 1 heterocycles. The van der Waals surface area contributed by atoms with E-state index in [-0.39, 0.29) is 0 Å². The molecular formula is C7H12N2S. The molecule has 1 unspecified atom stereocenters. The largest absolute Gasteiger partial charge is 0.276 e. The van der Waals surface area contributed by atoms with Crippen LogP contribution in [0.4, 0.5) is 0 Å². The molecule has 0 aliphatic carbocycles. The first-order valence-corrected chi connectivity index (χ1v) is 3.85. The summed E-state index contributed by atoms with van der Waals surface area (Å²) in [5, 5.41) is 4.47. The van der Waals surface area contributed by atoms with E-state index in [4.69, 9.17) is 0 Å². The highest BCUT2D eigenvalue weighted by Crippen LogP contribution is 2.04. The lowest BCUT2D eigenvalue weighted by Crippen LogP contribution is -1.95. The monoisotopic (exact) mass is 156 g/mol. The topological polar surface area (TPSA) is 17.8 Å². The molecule has 0 spiro atoms. The van der Waals surface area contributed by atoms with E-state index in [1.165, 1.54) is 5.56 Å². The SMILES string of the molecule is CC(S)Cc1cnn(C)c1. The fourth-order valence-electron chi connectivity index (χ4n) is 0.918. The van der Waals surface area contributed by atoms with E-state index in [2.05, 4.69) is 24.7 Å². The van der Waals surface area contributed by atoms with Crippen LogP contribution in [-0.2, 0) is 13.5 Å². The van der Waals surface area contributed by atoms with Crippen LogP contribution in [0.3, 0.4) is 0 Å². The van der Waals surface area contributed by atoms with Gasteiger partial charge < -0.3 is 0 Å². The zero-order chi connectivity index (χ0) is 7.56. The summed E-state index contributed by atoms with van der Waals surface area (Å²) in [4.78, 5) is 0. The standard InChI is InChI=1S/C7H12N2S/c1-6(10)3-7-4-8-9(2)5-7/h4-6,10H,3H2,1-2H3. The summed E-state index contributed by atoms with van der Waals surface area (Å²) in [5.41, 5.74) is 1.25. The molecule has 1 aromatic rings. The molecule has 1 aromatic heterocycles. The summed E-state index contributed by atoms with van der Waals surface area (Å²) in [6.45, 7) is 2.08. The van der Waals surface area contributed by atoms with Gasteiger partial charge in [0.1, 0.15) is 0 Å². The average Bonchev–Trinajstić information content (AvgIpc) is 2.13. The van der Waals surface area contributed by atoms with E-state index in [1.807, 2.05) is 24.1 Å². The van der Waals surface area contributed by atoms with Crippen molar-refractivity contribution in [2.24, 2.45) is 7.05 Å². The van der Waals surface area contributed by atoms with Gasteiger partial charge >= 0.3 is 0 Å².